The van der Waals surface area contributed by atoms with E-state index in [0.717, 1.165) is 11.1 Å². The van der Waals surface area contributed by atoms with E-state index < -0.39 is 11.2 Å². The molecule has 25 heavy (non-hydrogen) atoms. The molecule has 2 aromatic carbocycles. The number of rotatable bonds is 4. The average Bonchev–Trinajstić information content (AvgIpc) is 3.04. The fourth-order valence-electron chi connectivity index (χ4n) is 2.93. The van der Waals surface area contributed by atoms with Crippen molar-refractivity contribution in [1.29, 1.82) is 0 Å². The van der Waals surface area contributed by atoms with Crippen LogP contribution < -0.4 is 11.2 Å². The molecule has 0 unspecified atom stereocenters. The third-order valence-corrected chi connectivity index (χ3v) is 4.13. The molecule has 0 bridgehead atoms. The maximum absolute atomic E-state index is 12.3. The van der Waals surface area contributed by atoms with Crippen LogP contribution in [-0.2, 0) is 13.1 Å². The first-order valence-electron chi connectivity index (χ1n) is 7.98. The van der Waals surface area contributed by atoms with E-state index in [1.807, 2.05) is 60.7 Å². The predicted octanol–water partition coefficient (Wildman–Crippen LogP) is 1.98. The summed E-state index contributed by atoms with van der Waals surface area (Å²) in [7, 11) is 0. The van der Waals surface area contributed by atoms with Gasteiger partial charge in [0.25, 0.3) is 5.56 Å². The fraction of sp³-hybridized carbons (Fsp3) is 0.105. The Kier molecular flexibility index (Phi) is 3.78. The number of aromatic amines is 1. The summed E-state index contributed by atoms with van der Waals surface area (Å²) in [6, 6.07) is 19.4. The SMILES string of the molecule is O=c1[nH]c(=O)n(Cc2ccccc2)c2ncn(Cc3ccccc3)c12. The average molecular weight is 332 g/mol. The number of benzene rings is 2. The first-order valence-corrected chi connectivity index (χ1v) is 7.98. The van der Waals surface area contributed by atoms with Crippen molar-refractivity contribution >= 4 is 11.2 Å². The lowest BCUT2D eigenvalue weighted by atomic mass is 10.2. The van der Waals surface area contributed by atoms with Crippen molar-refractivity contribution in [3.05, 3.63) is 99.0 Å². The van der Waals surface area contributed by atoms with Gasteiger partial charge < -0.3 is 4.57 Å². The summed E-state index contributed by atoms with van der Waals surface area (Å²) >= 11 is 0. The van der Waals surface area contributed by atoms with Crippen LogP contribution in [-0.4, -0.2) is 19.1 Å². The number of hydrogen-bond acceptors (Lipinski definition) is 3. The van der Waals surface area contributed by atoms with E-state index in [2.05, 4.69) is 9.97 Å². The van der Waals surface area contributed by atoms with Crippen molar-refractivity contribution in [3.63, 3.8) is 0 Å². The van der Waals surface area contributed by atoms with Crippen molar-refractivity contribution in [1.82, 2.24) is 19.1 Å². The van der Waals surface area contributed by atoms with Crippen molar-refractivity contribution in [2.75, 3.05) is 0 Å². The molecule has 124 valence electrons. The van der Waals surface area contributed by atoms with Gasteiger partial charge >= 0.3 is 5.69 Å². The van der Waals surface area contributed by atoms with Gasteiger partial charge in [-0.1, -0.05) is 60.7 Å². The second kappa shape index (κ2) is 6.24. The fourth-order valence-corrected chi connectivity index (χ4v) is 2.93. The normalized spacial score (nSPS) is 11.0. The Labute approximate surface area is 143 Å². The van der Waals surface area contributed by atoms with E-state index in [-0.39, 0.29) is 0 Å². The Bertz CT molecular complexity index is 1130. The second-order valence-electron chi connectivity index (χ2n) is 5.86. The summed E-state index contributed by atoms with van der Waals surface area (Å²) in [6.07, 6.45) is 1.60. The third-order valence-electron chi connectivity index (χ3n) is 4.13. The summed E-state index contributed by atoms with van der Waals surface area (Å²) in [5.74, 6) is 0. The van der Waals surface area contributed by atoms with E-state index in [1.54, 1.807) is 10.9 Å². The highest BCUT2D eigenvalue weighted by molar-refractivity contribution is 5.70. The van der Waals surface area contributed by atoms with Crippen LogP contribution in [0.3, 0.4) is 0 Å². The Hall–Kier alpha value is -3.41. The summed E-state index contributed by atoms with van der Waals surface area (Å²) in [5.41, 5.74) is 1.95. The lowest BCUT2D eigenvalue weighted by molar-refractivity contribution is 0.745. The Morgan fingerprint density at radius 2 is 1.44 bits per heavy atom. The molecule has 0 amide bonds. The summed E-state index contributed by atoms with van der Waals surface area (Å²) in [5, 5.41) is 0. The molecule has 4 rings (SSSR count). The minimum absolute atomic E-state index is 0.356. The molecule has 2 aromatic heterocycles. The quantitative estimate of drug-likeness (QED) is 0.621. The molecule has 0 atom stereocenters. The highest BCUT2D eigenvalue weighted by Crippen LogP contribution is 2.11. The molecule has 0 radical (unpaired) electrons. The zero-order valence-electron chi connectivity index (χ0n) is 13.4. The molecule has 0 spiro atoms. The lowest BCUT2D eigenvalue weighted by Crippen LogP contribution is -2.31. The van der Waals surface area contributed by atoms with E-state index in [0.29, 0.717) is 24.3 Å². The minimum Gasteiger partial charge on any atom is -0.320 e. The highest BCUT2D eigenvalue weighted by atomic mass is 16.2. The van der Waals surface area contributed by atoms with E-state index in [1.165, 1.54) is 4.57 Å². The van der Waals surface area contributed by atoms with Gasteiger partial charge in [0.15, 0.2) is 11.2 Å². The van der Waals surface area contributed by atoms with Crippen molar-refractivity contribution in [3.8, 4) is 0 Å². The van der Waals surface area contributed by atoms with Gasteiger partial charge in [0.2, 0.25) is 0 Å². The summed E-state index contributed by atoms with van der Waals surface area (Å²) in [6.45, 7) is 0.874. The molecule has 0 saturated heterocycles. The Morgan fingerprint density at radius 3 is 2.08 bits per heavy atom. The molecule has 0 aliphatic carbocycles. The molecule has 1 N–H and O–H groups in total. The summed E-state index contributed by atoms with van der Waals surface area (Å²) < 4.78 is 3.26. The number of imidazole rings is 1. The Balaban J connectivity index is 1.83. The molecular weight excluding hydrogens is 316 g/mol. The first-order chi connectivity index (χ1) is 12.2. The van der Waals surface area contributed by atoms with Crippen LogP contribution in [0.1, 0.15) is 11.1 Å². The highest BCUT2D eigenvalue weighted by Gasteiger charge is 2.14. The van der Waals surface area contributed by atoms with Gasteiger partial charge in [-0.25, -0.2) is 9.78 Å². The first kappa shape index (κ1) is 15.1. The third kappa shape index (κ3) is 2.89. The van der Waals surface area contributed by atoms with Crippen LogP contribution in [0, 0.1) is 0 Å². The van der Waals surface area contributed by atoms with Gasteiger partial charge in [0.05, 0.1) is 12.9 Å². The van der Waals surface area contributed by atoms with Gasteiger partial charge in [-0.3, -0.25) is 14.3 Å². The van der Waals surface area contributed by atoms with E-state index >= 15 is 0 Å². The smallest absolute Gasteiger partial charge is 0.320 e. The maximum atomic E-state index is 12.3. The largest absolute Gasteiger partial charge is 0.330 e. The van der Waals surface area contributed by atoms with E-state index in [4.69, 9.17) is 0 Å². The number of hydrogen-bond donors (Lipinski definition) is 1. The maximum Gasteiger partial charge on any atom is 0.330 e. The molecule has 0 aliphatic rings. The number of fused-ring (bicyclic) bond motifs is 1. The molecule has 2 heterocycles. The molecule has 4 aromatic rings. The van der Waals surface area contributed by atoms with Gasteiger partial charge in [-0.2, -0.15) is 0 Å². The van der Waals surface area contributed by atoms with Gasteiger partial charge in [0.1, 0.15) is 0 Å². The van der Waals surface area contributed by atoms with Crippen LogP contribution in [0.25, 0.3) is 11.2 Å². The van der Waals surface area contributed by atoms with Crippen LogP contribution >= 0.6 is 0 Å². The lowest BCUT2D eigenvalue weighted by Gasteiger charge is -2.08. The Morgan fingerprint density at radius 1 is 0.840 bits per heavy atom. The van der Waals surface area contributed by atoms with Gasteiger partial charge in [-0.15, -0.1) is 0 Å². The van der Waals surface area contributed by atoms with Crippen LogP contribution in [0.4, 0.5) is 0 Å². The minimum atomic E-state index is -0.452. The monoisotopic (exact) mass is 332 g/mol. The topological polar surface area (TPSA) is 72.7 Å². The number of H-pyrrole nitrogens is 1. The predicted molar refractivity (Wildman–Crippen MR) is 95.7 cm³/mol. The molecule has 0 aliphatic heterocycles. The summed E-state index contributed by atoms with van der Waals surface area (Å²) in [4.78, 5) is 31.4. The van der Waals surface area contributed by atoms with Gasteiger partial charge in [0, 0.05) is 6.54 Å². The van der Waals surface area contributed by atoms with Crippen LogP contribution in [0.5, 0.6) is 0 Å². The second-order valence-corrected chi connectivity index (χ2v) is 5.86. The van der Waals surface area contributed by atoms with Gasteiger partial charge in [-0.05, 0) is 11.1 Å². The van der Waals surface area contributed by atoms with Crippen LogP contribution in [0.2, 0.25) is 0 Å². The van der Waals surface area contributed by atoms with Crippen molar-refractivity contribution < 1.29 is 0 Å². The number of aromatic nitrogens is 4. The standard InChI is InChI=1S/C19H16N4O2/c24-18-16-17(20-13-22(16)11-14-7-3-1-4-8-14)23(19(25)21-18)12-15-9-5-2-6-10-15/h1-10,13H,11-12H2,(H,21,24,25). The zero-order chi connectivity index (χ0) is 17.2. The van der Waals surface area contributed by atoms with Crippen LogP contribution in [0.15, 0.2) is 76.6 Å². The molecule has 0 saturated carbocycles. The number of nitrogens with one attached hydrogen (secondary N) is 1. The zero-order valence-corrected chi connectivity index (χ0v) is 13.4. The number of nitrogens with zero attached hydrogens (tertiary/aromatic N) is 3. The molecule has 0 fully saturated rings. The molecule has 6 nitrogen and oxygen atoms in total. The van der Waals surface area contributed by atoms with Crippen molar-refractivity contribution in [2.24, 2.45) is 0 Å². The van der Waals surface area contributed by atoms with E-state index in [9.17, 15) is 9.59 Å². The molecule has 6 heteroatoms. The van der Waals surface area contributed by atoms with Crippen molar-refractivity contribution in [2.45, 2.75) is 13.1 Å². The molecular formula is C19H16N4O2.